The monoisotopic (exact) mass is 444 g/mol. The molecule has 0 unspecified atom stereocenters. The van der Waals surface area contributed by atoms with E-state index in [4.69, 9.17) is 0 Å². The van der Waals surface area contributed by atoms with Crippen molar-refractivity contribution in [1.82, 2.24) is 9.80 Å². The third kappa shape index (κ3) is 4.28. The summed E-state index contributed by atoms with van der Waals surface area (Å²) in [5.41, 5.74) is 2.33. The summed E-state index contributed by atoms with van der Waals surface area (Å²) in [6.07, 6.45) is 0. The average Bonchev–Trinajstić information content (AvgIpc) is 3.32. The summed E-state index contributed by atoms with van der Waals surface area (Å²) in [4.78, 5) is 32.0. The third-order valence-corrected chi connectivity index (χ3v) is 6.55. The molecule has 2 aromatic carbocycles. The van der Waals surface area contributed by atoms with E-state index in [1.54, 1.807) is 41.7 Å². The van der Waals surface area contributed by atoms with Crippen molar-refractivity contribution < 1.29 is 9.59 Å². The second-order valence-corrected chi connectivity index (χ2v) is 8.99. The highest BCUT2D eigenvalue weighted by atomic mass is 32.1. The summed E-state index contributed by atoms with van der Waals surface area (Å²) in [6.45, 7) is 1.20. The summed E-state index contributed by atoms with van der Waals surface area (Å²) in [5, 5.41) is 14.2. The van der Waals surface area contributed by atoms with E-state index in [2.05, 4.69) is 11.4 Å². The molecule has 1 aromatic heterocycles. The van der Waals surface area contributed by atoms with E-state index >= 15 is 0 Å². The molecule has 32 heavy (non-hydrogen) atoms. The SMILES string of the molecule is CN(C)CCN1C(=O)c2ccccc2[C@H](C(=O)Nc2cccc(C#N)c2)[C@H]1c1cccs1. The standard InChI is InChI=1S/C25H24N4O2S/c1-28(2)12-13-29-23(21-11-6-14-32-21)22(19-9-3-4-10-20(19)25(29)31)24(30)27-18-8-5-7-17(15-18)16-26/h3-11,14-15,22-23H,12-13H2,1-2H3,(H,27,30)/t22-,23+/m0/s1. The summed E-state index contributed by atoms with van der Waals surface area (Å²) in [7, 11) is 3.93. The number of likely N-dealkylation sites (N-methyl/N-ethyl adjacent to an activating group) is 1. The van der Waals surface area contributed by atoms with E-state index in [1.165, 1.54) is 0 Å². The normalized spacial score (nSPS) is 17.7. The Labute approximate surface area is 191 Å². The Balaban J connectivity index is 1.79. The van der Waals surface area contributed by atoms with Crippen molar-refractivity contribution in [2.75, 3.05) is 32.5 Å². The van der Waals surface area contributed by atoms with Crippen molar-refractivity contribution in [2.24, 2.45) is 0 Å². The summed E-state index contributed by atoms with van der Waals surface area (Å²) in [6, 6.07) is 19.8. The Bertz CT molecular complexity index is 1170. The van der Waals surface area contributed by atoms with Crippen molar-refractivity contribution in [3.05, 3.63) is 87.6 Å². The Hall–Kier alpha value is -3.47. The highest BCUT2D eigenvalue weighted by Crippen LogP contribution is 2.44. The van der Waals surface area contributed by atoms with Crippen LogP contribution in [0, 0.1) is 11.3 Å². The van der Waals surface area contributed by atoms with E-state index in [-0.39, 0.29) is 11.8 Å². The first kappa shape index (κ1) is 21.8. The first-order valence-electron chi connectivity index (χ1n) is 10.4. The summed E-state index contributed by atoms with van der Waals surface area (Å²) >= 11 is 1.55. The number of hydrogen-bond acceptors (Lipinski definition) is 5. The Kier molecular flexibility index (Phi) is 6.35. The van der Waals surface area contributed by atoms with Crippen LogP contribution in [-0.4, -0.2) is 48.8 Å². The number of benzene rings is 2. The Morgan fingerprint density at radius 3 is 2.69 bits per heavy atom. The van der Waals surface area contributed by atoms with Crippen molar-refractivity contribution >= 4 is 28.8 Å². The fraction of sp³-hybridized carbons (Fsp3) is 0.240. The van der Waals surface area contributed by atoms with Gasteiger partial charge in [-0.3, -0.25) is 9.59 Å². The zero-order chi connectivity index (χ0) is 22.7. The van der Waals surface area contributed by atoms with E-state index in [1.807, 2.05) is 59.6 Å². The number of fused-ring (bicyclic) bond motifs is 1. The Morgan fingerprint density at radius 2 is 1.97 bits per heavy atom. The van der Waals surface area contributed by atoms with Gasteiger partial charge in [-0.15, -0.1) is 11.3 Å². The molecule has 6 nitrogen and oxygen atoms in total. The maximum Gasteiger partial charge on any atom is 0.254 e. The van der Waals surface area contributed by atoms with Crippen LogP contribution in [0.2, 0.25) is 0 Å². The van der Waals surface area contributed by atoms with Crippen LogP contribution < -0.4 is 5.32 Å². The third-order valence-electron chi connectivity index (χ3n) is 5.60. The minimum absolute atomic E-state index is 0.0589. The smallest absolute Gasteiger partial charge is 0.254 e. The van der Waals surface area contributed by atoms with E-state index in [0.29, 0.717) is 29.9 Å². The minimum atomic E-state index is -0.574. The highest BCUT2D eigenvalue weighted by molar-refractivity contribution is 7.10. The molecule has 1 aliphatic rings. The second-order valence-electron chi connectivity index (χ2n) is 8.01. The lowest BCUT2D eigenvalue weighted by Crippen LogP contribution is -2.47. The number of carbonyl (C=O) groups is 2. The maximum atomic E-state index is 13.7. The van der Waals surface area contributed by atoms with E-state index < -0.39 is 12.0 Å². The molecule has 0 radical (unpaired) electrons. The van der Waals surface area contributed by atoms with Crippen molar-refractivity contribution in [1.29, 1.82) is 5.26 Å². The summed E-state index contributed by atoms with van der Waals surface area (Å²) < 4.78 is 0. The number of thiophene rings is 1. The van der Waals surface area contributed by atoms with Crippen molar-refractivity contribution in [3.63, 3.8) is 0 Å². The molecule has 1 N–H and O–H groups in total. The van der Waals surface area contributed by atoms with Crippen LogP contribution in [0.5, 0.6) is 0 Å². The lowest BCUT2D eigenvalue weighted by Gasteiger charge is -2.41. The van der Waals surface area contributed by atoms with Crippen LogP contribution in [-0.2, 0) is 4.79 Å². The Morgan fingerprint density at radius 1 is 1.16 bits per heavy atom. The van der Waals surface area contributed by atoms with Gasteiger partial charge in [0, 0.05) is 29.2 Å². The first-order chi connectivity index (χ1) is 15.5. The molecular formula is C25H24N4O2S. The molecule has 0 bridgehead atoms. The van der Waals surface area contributed by atoms with Crippen LogP contribution in [0.25, 0.3) is 0 Å². The minimum Gasteiger partial charge on any atom is -0.328 e. The van der Waals surface area contributed by atoms with Gasteiger partial charge in [0.25, 0.3) is 5.91 Å². The topological polar surface area (TPSA) is 76.4 Å². The van der Waals surface area contributed by atoms with Gasteiger partial charge >= 0.3 is 0 Å². The lowest BCUT2D eigenvalue weighted by molar-refractivity contribution is -0.119. The number of hydrogen-bond donors (Lipinski definition) is 1. The van der Waals surface area contributed by atoms with Crippen molar-refractivity contribution in [3.8, 4) is 6.07 Å². The zero-order valence-corrected chi connectivity index (χ0v) is 18.8. The number of amides is 2. The molecule has 0 fully saturated rings. The van der Waals surface area contributed by atoms with Gasteiger partial charge in [0.2, 0.25) is 5.91 Å². The van der Waals surface area contributed by atoms with Gasteiger partial charge in [-0.05, 0) is 55.4 Å². The number of nitrogens with zero attached hydrogens (tertiary/aromatic N) is 3. The molecular weight excluding hydrogens is 420 g/mol. The van der Waals surface area contributed by atoms with Crippen molar-refractivity contribution in [2.45, 2.75) is 12.0 Å². The molecule has 2 amide bonds. The molecule has 0 saturated heterocycles. The molecule has 0 saturated carbocycles. The first-order valence-corrected chi connectivity index (χ1v) is 11.3. The molecule has 0 spiro atoms. The second kappa shape index (κ2) is 9.35. The van der Waals surface area contributed by atoms with Crippen LogP contribution in [0.1, 0.15) is 38.3 Å². The van der Waals surface area contributed by atoms with Gasteiger partial charge < -0.3 is 15.1 Å². The number of nitriles is 1. The fourth-order valence-corrected chi connectivity index (χ4v) is 4.97. The summed E-state index contributed by atoms with van der Waals surface area (Å²) in [5.74, 6) is -0.833. The van der Waals surface area contributed by atoms with Gasteiger partial charge in [0.1, 0.15) is 0 Å². The van der Waals surface area contributed by atoms with E-state index in [0.717, 1.165) is 10.4 Å². The largest absolute Gasteiger partial charge is 0.328 e. The van der Waals surface area contributed by atoms with Crippen LogP contribution in [0.15, 0.2) is 66.0 Å². The molecule has 3 aromatic rings. The van der Waals surface area contributed by atoms with Gasteiger partial charge in [-0.25, -0.2) is 0 Å². The van der Waals surface area contributed by atoms with Crippen LogP contribution >= 0.6 is 11.3 Å². The molecule has 4 rings (SSSR count). The van der Waals surface area contributed by atoms with E-state index in [9.17, 15) is 14.9 Å². The van der Waals surface area contributed by atoms with Gasteiger partial charge in [-0.2, -0.15) is 5.26 Å². The molecule has 162 valence electrons. The zero-order valence-electron chi connectivity index (χ0n) is 18.0. The average molecular weight is 445 g/mol. The van der Waals surface area contributed by atoms with Gasteiger partial charge in [0.15, 0.2) is 0 Å². The molecule has 1 aliphatic heterocycles. The number of anilines is 1. The maximum absolute atomic E-state index is 13.7. The number of nitrogens with one attached hydrogen (secondary N) is 1. The predicted octanol–water partition coefficient (Wildman–Crippen LogP) is 4.10. The fourth-order valence-electron chi connectivity index (χ4n) is 4.09. The predicted molar refractivity (Wildman–Crippen MR) is 126 cm³/mol. The quantitative estimate of drug-likeness (QED) is 0.621. The van der Waals surface area contributed by atoms with Crippen LogP contribution in [0.4, 0.5) is 5.69 Å². The molecule has 2 atom stereocenters. The number of rotatable bonds is 6. The van der Waals surface area contributed by atoms with Gasteiger partial charge in [-0.1, -0.05) is 30.3 Å². The molecule has 2 heterocycles. The molecule has 7 heteroatoms. The van der Waals surface area contributed by atoms with Gasteiger partial charge in [0.05, 0.1) is 23.6 Å². The number of carbonyl (C=O) groups excluding carboxylic acids is 2. The lowest BCUT2D eigenvalue weighted by atomic mass is 9.81. The molecule has 0 aliphatic carbocycles. The van der Waals surface area contributed by atoms with Crippen LogP contribution in [0.3, 0.4) is 0 Å². The highest BCUT2D eigenvalue weighted by Gasteiger charge is 2.44.